The zero-order chi connectivity index (χ0) is 13.4. The molecule has 0 aliphatic rings. The van der Waals surface area contributed by atoms with Crippen LogP contribution in [0, 0.1) is 0 Å². The lowest BCUT2D eigenvalue weighted by molar-refractivity contribution is 0.393. The predicted molar refractivity (Wildman–Crippen MR) is 74.4 cm³/mol. The summed E-state index contributed by atoms with van der Waals surface area (Å²) in [5.74, 6) is 1.68. The molecule has 1 aromatic rings. The standard InChI is InChI=1S/C14H24N2O2/c1-11(10-15)16-6-4-5-12-7-13(17-2)9-14(8-12)18-3/h7-9,11,16H,4-6,10,15H2,1-3H3/t11-/m0/s1. The van der Waals surface area contributed by atoms with Crippen LogP contribution in [-0.2, 0) is 6.42 Å². The molecular formula is C14H24N2O2. The average Bonchev–Trinajstić information content (AvgIpc) is 2.42. The lowest BCUT2D eigenvalue weighted by Crippen LogP contribution is -2.33. The fraction of sp³-hybridized carbons (Fsp3) is 0.571. The second-order valence-corrected chi connectivity index (χ2v) is 4.42. The van der Waals surface area contributed by atoms with E-state index in [-0.39, 0.29) is 0 Å². The van der Waals surface area contributed by atoms with Gasteiger partial charge in [0.15, 0.2) is 0 Å². The van der Waals surface area contributed by atoms with E-state index in [2.05, 4.69) is 24.4 Å². The third-order valence-electron chi connectivity index (χ3n) is 2.90. The zero-order valence-electron chi connectivity index (χ0n) is 11.5. The van der Waals surface area contributed by atoms with Crippen molar-refractivity contribution in [2.45, 2.75) is 25.8 Å². The first-order chi connectivity index (χ1) is 8.69. The Bertz CT molecular complexity index is 333. The fourth-order valence-corrected chi connectivity index (χ4v) is 1.74. The van der Waals surface area contributed by atoms with Crippen LogP contribution in [0.4, 0.5) is 0 Å². The van der Waals surface area contributed by atoms with Crippen molar-refractivity contribution in [3.63, 3.8) is 0 Å². The topological polar surface area (TPSA) is 56.5 Å². The summed E-state index contributed by atoms with van der Waals surface area (Å²) in [6.45, 7) is 3.74. The Morgan fingerprint density at radius 1 is 1.17 bits per heavy atom. The molecule has 1 aromatic carbocycles. The van der Waals surface area contributed by atoms with E-state index in [1.165, 1.54) is 5.56 Å². The summed E-state index contributed by atoms with van der Waals surface area (Å²) in [7, 11) is 3.34. The Labute approximate surface area is 109 Å². The molecule has 0 bridgehead atoms. The highest BCUT2D eigenvalue weighted by molar-refractivity contribution is 5.38. The molecule has 1 atom stereocenters. The molecule has 0 heterocycles. The third kappa shape index (κ3) is 4.94. The zero-order valence-corrected chi connectivity index (χ0v) is 11.5. The van der Waals surface area contributed by atoms with E-state index in [9.17, 15) is 0 Å². The van der Waals surface area contributed by atoms with Crippen LogP contribution in [0.1, 0.15) is 18.9 Å². The van der Waals surface area contributed by atoms with Crippen molar-refractivity contribution >= 4 is 0 Å². The van der Waals surface area contributed by atoms with Crippen LogP contribution in [0.25, 0.3) is 0 Å². The van der Waals surface area contributed by atoms with Crippen LogP contribution in [-0.4, -0.2) is 33.4 Å². The van der Waals surface area contributed by atoms with Crippen molar-refractivity contribution in [3.05, 3.63) is 23.8 Å². The van der Waals surface area contributed by atoms with E-state index in [1.807, 2.05) is 6.07 Å². The van der Waals surface area contributed by atoms with E-state index in [1.54, 1.807) is 14.2 Å². The monoisotopic (exact) mass is 252 g/mol. The molecule has 1 rings (SSSR count). The highest BCUT2D eigenvalue weighted by atomic mass is 16.5. The Hall–Kier alpha value is -1.26. The van der Waals surface area contributed by atoms with Gasteiger partial charge in [0.2, 0.25) is 0 Å². The van der Waals surface area contributed by atoms with Crippen molar-refractivity contribution in [3.8, 4) is 11.5 Å². The molecule has 0 aromatic heterocycles. The second-order valence-electron chi connectivity index (χ2n) is 4.42. The summed E-state index contributed by atoms with van der Waals surface area (Å²) in [6, 6.07) is 6.37. The first kappa shape index (κ1) is 14.8. The van der Waals surface area contributed by atoms with Crippen LogP contribution in [0.15, 0.2) is 18.2 Å². The minimum atomic E-state index is 0.379. The quantitative estimate of drug-likeness (QED) is 0.690. The lowest BCUT2D eigenvalue weighted by atomic mass is 10.1. The van der Waals surface area contributed by atoms with Crippen LogP contribution in [0.5, 0.6) is 11.5 Å². The minimum Gasteiger partial charge on any atom is -0.497 e. The van der Waals surface area contributed by atoms with Gasteiger partial charge in [0.1, 0.15) is 11.5 Å². The number of ether oxygens (including phenoxy) is 2. The number of benzene rings is 1. The van der Waals surface area contributed by atoms with E-state index >= 15 is 0 Å². The largest absolute Gasteiger partial charge is 0.497 e. The maximum Gasteiger partial charge on any atom is 0.122 e. The summed E-state index contributed by atoms with van der Waals surface area (Å²) in [5, 5.41) is 3.37. The molecule has 0 saturated carbocycles. The maximum atomic E-state index is 5.55. The van der Waals surface area contributed by atoms with Crippen LogP contribution < -0.4 is 20.5 Å². The number of hydrogen-bond acceptors (Lipinski definition) is 4. The van der Waals surface area contributed by atoms with Gasteiger partial charge < -0.3 is 20.5 Å². The van der Waals surface area contributed by atoms with Gasteiger partial charge in [-0.25, -0.2) is 0 Å². The predicted octanol–water partition coefficient (Wildman–Crippen LogP) is 1.57. The number of rotatable bonds is 8. The van der Waals surface area contributed by atoms with E-state index < -0.39 is 0 Å². The molecule has 0 amide bonds. The van der Waals surface area contributed by atoms with Gasteiger partial charge in [-0.1, -0.05) is 0 Å². The maximum absolute atomic E-state index is 5.55. The Morgan fingerprint density at radius 2 is 1.78 bits per heavy atom. The Morgan fingerprint density at radius 3 is 2.28 bits per heavy atom. The van der Waals surface area contributed by atoms with Crippen LogP contribution in [0.2, 0.25) is 0 Å². The van der Waals surface area contributed by atoms with Gasteiger partial charge in [-0.05, 0) is 44.0 Å². The molecule has 18 heavy (non-hydrogen) atoms. The van der Waals surface area contributed by atoms with Gasteiger partial charge in [-0.2, -0.15) is 0 Å². The summed E-state index contributed by atoms with van der Waals surface area (Å²) in [4.78, 5) is 0. The first-order valence-corrected chi connectivity index (χ1v) is 6.35. The SMILES string of the molecule is COc1cc(CCCN[C@@H](C)CN)cc(OC)c1. The number of nitrogens with one attached hydrogen (secondary N) is 1. The van der Waals surface area contributed by atoms with Gasteiger partial charge in [0, 0.05) is 18.7 Å². The normalized spacial score (nSPS) is 12.2. The van der Waals surface area contributed by atoms with Crippen molar-refractivity contribution in [1.82, 2.24) is 5.32 Å². The molecule has 0 aliphatic heterocycles. The highest BCUT2D eigenvalue weighted by Crippen LogP contribution is 2.23. The lowest BCUT2D eigenvalue weighted by Gasteiger charge is -2.11. The van der Waals surface area contributed by atoms with E-state index in [4.69, 9.17) is 15.2 Å². The molecule has 4 heteroatoms. The van der Waals surface area contributed by atoms with Gasteiger partial charge in [-0.15, -0.1) is 0 Å². The Kier molecular flexibility index (Phi) is 6.54. The fourth-order valence-electron chi connectivity index (χ4n) is 1.74. The van der Waals surface area contributed by atoms with Gasteiger partial charge in [-0.3, -0.25) is 0 Å². The summed E-state index contributed by atoms with van der Waals surface area (Å²) >= 11 is 0. The number of hydrogen-bond donors (Lipinski definition) is 2. The molecule has 0 fully saturated rings. The third-order valence-corrected chi connectivity index (χ3v) is 2.90. The van der Waals surface area contributed by atoms with Gasteiger partial charge in [0.25, 0.3) is 0 Å². The summed E-state index contributed by atoms with van der Waals surface area (Å²) in [6.07, 6.45) is 2.07. The van der Waals surface area contributed by atoms with Crippen molar-refractivity contribution in [2.24, 2.45) is 5.73 Å². The van der Waals surface area contributed by atoms with Crippen LogP contribution in [0.3, 0.4) is 0 Å². The van der Waals surface area contributed by atoms with E-state index in [0.29, 0.717) is 12.6 Å². The van der Waals surface area contributed by atoms with Crippen molar-refractivity contribution in [2.75, 3.05) is 27.3 Å². The number of nitrogens with two attached hydrogens (primary N) is 1. The number of aryl methyl sites for hydroxylation is 1. The molecule has 0 aliphatic carbocycles. The second kappa shape index (κ2) is 7.95. The molecule has 4 nitrogen and oxygen atoms in total. The first-order valence-electron chi connectivity index (χ1n) is 6.35. The molecule has 0 spiro atoms. The number of methoxy groups -OCH3 is 2. The molecule has 102 valence electrons. The highest BCUT2D eigenvalue weighted by Gasteiger charge is 2.02. The van der Waals surface area contributed by atoms with Crippen LogP contribution >= 0.6 is 0 Å². The molecule has 0 saturated heterocycles. The van der Waals surface area contributed by atoms with Crippen molar-refractivity contribution in [1.29, 1.82) is 0 Å². The molecule has 0 radical (unpaired) electrons. The molecule has 3 N–H and O–H groups in total. The van der Waals surface area contributed by atoms with E-state index in [0.717, 1.165) is 30.9 Å². The minimum absolute atomic E-state index is 0.379. The van der Waals surface area contributed by atoms with Gasteiger partial charge in [0.05, 0.1) is 14.2 Å². The Balaban J connectivity index is 2.46. The molecular weight excluding hydrogens is 228 g/mol. The molecule has 0 unspecified atom stereocenters. The van der Waals surface area contributed by atoms with Gasteiger partial charge >= 0.3 is 0 Å². The van der Waals surface area contributed by atoms with Crippen molar-refractivity contribution < 1.29 is 9.47 Å². The summed E-state index contributed by atoms with van der Waals surface area (Å²) in [5.41, 5.74) is 6.78. The summed E-state index contributed by atoms with van der Waals surface area (Å²) < 4.78 is 10.5. The smallest absolute Gasteiger partial charge is 0.122 e. The average molecular weight is 252 g/mol.